The van der Waals surface area contributed by atoms with Gasteiger partial charge in [-0.15, -0.1) is 0 Å². The lowest BCUT2D eigenvalue weighted by atomic mass is 10.1. The van der Waals surface area contributed by atoms with Gasteiger partial charge in [0.1, 0.15) is 11.6 Å². The summed E-state index contributed by atoms with van der Waals surface area (Å²) in [5, 5.41) is 10.3. The van der Waals surface area contributed by atoms with Crippen molar-refractivity contribution in [1.82, 2.24) is 9.78 Å². The Bertz CT molecular complexity index is 1350. The number of halogens is 1. The first-order chi connectivity index (χ1) is 16.9. The Morgan fingerprint density at radius 1 is 0.829 bits per heavy atom. The molecule has 35 heavy (non-hydrogen) atoms. The van der Waals surface area contributed by atoms with Gasteiger partial charge in [-0.2, -0.15) is 5.10 Å². The highest BCUT2D eigenvalue weighted by Gasteiger charge is 2.15. The molecule has 0 aliphatic heterocycles. The number of benzene rings is 3. The van der Waals surface area contributed by atoms with Crippen molar-refractivity contribution in [2.24, 2.45) is 0 Å². The van der Waals surface area contributed by atoms with E-state index >= 15 is 0 Å². The number of nitrogens with one attached hydrogen (secondary N) is 2. The molecule has 0 aliphatic rings. The van der Waals surface area contributed by atoms with Crippen molar-refractivity contribution in [2.75, 3.05) is 10.6 Å². The van der Waals surface area contributed by atoms with Gasteiger partial charge in [-0.3, -0.25) is 9.59 Å². The topological polar surface area (TPSA) is 76.0 Å². The fourth-order valence-corrected chi connectivity index (χ4v) is 3.68. The van der Waals surface area contributed by atoms with E-state index in [1.807, 2.05) is 62.4 Å². The molecule has 0 saturated carbocycles. The molecular weight excluding hydrogens is 443 g/mol. The Morgan fingerprint density at radius 3 is 2.29 bits per heavy atom. The number of anilines is 2. The van der Waals surface area contributed by atoms with Gasteiger partial charge in [0, 0.05) is 30.2 Å². The molecule has 0 aliphatic carbocycles. The Balaban J connectivity index is 1.41. The average Bonchev–Trinajstić information content (AvgIpc) is 3.26. The number of amides is 2. The van der Waals surface area contributed by atoms with Crippen molar-refractivity contribution >= 4 is 23.3 Å². The molecule has 1 heterocycles. The molecule has 0 atom stereocenters. The Hall–Kier alpha value is -4.26. The average molecular weight is 471 g/mol. The quantitative estimate of drug-likeness (QED) is 0.329. The molecule has 1 aromatic heterocycles. The van der Waals surface area contributed by atoms with Crippen LogP contribution in [0.3, 0.4) is 0 Å². The predicted octanol–water partition coefficient (Wildman–Crippen LogP) is 6.04. The summed E-state index contributed by atoms with van der Waals surface area (Å²) in [5.74, 6) is -0.358. The van der Waals surface area contributed by atoms with Crippen molar-refractivity contribution in [3.8, 4) is 16.9 Å². The molecule has 0 bridgehead atoms. The molecule has 6 nitrogen and oxygen atoms in total. The van der Waals surface area contributed by atoms with Crippen LogP contribution >= 0.6 is 0 Å². The van der Waals surface area contributed by atoms with Crippen LogP contribution in [0.25, 0.3) is 16.9 Å². The fourth-order valence-electron chi connectivity index (χ4n) is 3.68. The van der Waals surface area contributed by atoms with E-state index in [1.165, 1.54) is 16.8 Å². The number of hydrogen-bond acceptors (Lipinski definition) is 3. The van der Waals surface area contributed by atoms with Crippen LogP contribution in [0, 0.1) is 19.7 Å². The zero-order valence-corrected chi connectivity index (χ0v) is 19.7. The minimum atomic E-state index is -0.397. The minimum Gasteiger partial charge on any atom is -0.326 e. The number of carbonyl (C=O) groups is 2. The van der Waals surface area contributed by atoms with Gasteiger partial charge in [-0.25, -0.2) is 9.07 Å². The normalized spacial score (nSPS) is 10.7. The van der Waals surface area contributed by atoms with Gasteiger partial charge in [-0.05, 0) is 61.7 Å². The molecule has 3 aromatic carbocycles. The van der Waals surface area contributed by atoms with Crippen molar-refractivity contribution < 1.29 is 14.0 Å². The minimum absolute atomic E-state index is 0.141. The highest BCUT2D eigenvalue weighted by molar-refractivity contribution is 5.93. The maximum atomic E-state index is 13.9. The highest BCUT2D eigenvalue weighted by atomic mass is 19.1. The molecule has 2 amide bonds. The molecular formula is C28H27FN4O2. The number of aromatic nitrogens is 2. The standard InChI is InChI=1S/C28H27FN4O2/c1-19-14-15-23(16-20(19)2)30-27(34)12-7-13-28(35)31-26-18-25(21-8-4-3-5-9-21)32-33(26)24-11-6-10-22(29)17-24/h3-6,8-11,14-18H,7,12-13H2,1-2H3,(H,30,34)(H,31,35). The van der Waals surface area contributed by atoms with Crippen LogP contribution in [0.1, 0.15) is 30.4 Å². The van der Waals surface area contributed by atoms with Crippen LogP contribution in [0.2, 0.25) is 0 Å². The molecule has 4 rings (SSSR count). The molecule has 0 unspecified atom stereocenters. The second kappa shape index (κ2) is 10.8. The first-order valence-electron chi connectivity index (χ1n) is 11.5. The zero-order valence-electron chi connectivity index (χ0n) is 19.7. The van der Waals surface area contributed by atoms with E-state index in [9.17, 15) is 14.0 Å². The maximum absolute atomic E-state index is 13.9. The monoisotopic (exact) mass is 470 g/mol. The number of carbonyl (C=O) groups excluding carboxylic acids is 2. The number of aryl methyl sites for hydroxylation is 2. The van der Waals surface area contributed by atoms with Gasteiger partial charge in [0.15, 0.2) is 0 Å². The highest BCUT2D eigenvalue weighted by Crippen LogP contribution is 2.25. The van der Waals surface area contributed by atoms with Crippen LogP contribution in [-0.4, -0.2) is 21.6 Å². The molecule has 0 spiro atoms. The Kier molecular flexibility index (Phi) is 7.35. The van der Waals surface area contributed by atoms with Gasteiger partial charge < -0.3 is 10.6 Å². The van der Waals surface area contributed by atoms with E-state index in [2.05, 4.69) is 15.7 Å². The summed E-state index contributed by atoms with van der Waals surface area (Å²) in [5.41, 5.74) is 5.03. The first-order valence-corrected chi connectivity index (χ1v) is 11.5. The molecule has 0 saturated heterocycles. The molecule has 0 fully saturated rings. The summed E-state index contributed by atoms with van der Waals surface area (Å²) in [6.45, 7) is 4.01. The molecule has 178 valence electrons. The van der Waals surface area contributed by atoms with Crippen LogP contribution in [-0.2, 0) is 9.59 Å². The number of hydrogen-bond donors (Lipinski definition) is 2. The lowest BCUT2D eigenvalue weighted by Crippen LogP contribution is -2.16. The van der Waals surface area contributed by atoms with Crippen LogP contribution < -0.4 is 10.6 Å². The second-order valence-electron chi connectivity index (χ2n) is 8.42. The molecule has 7 heteroatoms. The van der Waals surface area contributed by atoms with Crippen molar-refractivity contribution in [3.05, 3.63) is 95.8 Å². The second-order valence-corrected chi connectivity index (χ2v) is 8.42. The fraction of sp³-hybridized carbons (Fsp3) is 0.179. The lowest BCUT2D eigenvalue weighted by Gasteiger charge is -2.10. The Morgan fingerprint density at radius 2 is 1.57 bits per heavy atom. The third-order valence-corrected chi connectivity index (χ3v) is 5.70. The largest absolute Gasteiger partial charge is 0.326 e. The summed E-state index contributed by atoms with van der Waals surface area (Å²) in [7, 11) is 0. The maximum Gasteiger partial charge on any atom is 0.225 e. The van der Waals surface area contributed by atoms with E-state index in [1.54, 1.807) is 18.2 Å². The van der Waals surface area contributed by atoms with E-state index in [0.29, 0.717) is 23.6 Å². The van der Waals surface area contributed by atoms with E-state index in [4.69, 9.17) is 0 Å². The third kappa shape index (κ3) is 6.20. The van der Waals surface area contributed by atoms with E-state index in [0.717, 1.165) is 22.4 Å². The predicted molar refractivity (Wildman–Crippen MR) is 136 cm³/mol. The van der Waals surface area contributed by atoms with Crippen molar-refractivity contribution in [1.29, 1.82) is 0 Å². The van der Waals surface area contributed by atoms with Crippen molar-refractivity contribution in [3.63, 3.8) is 0 Å². The lowest BCUT2D eigenvalue weighted by molar-refractivity contribution is -0.117. The summed E-state index contributed by atoms with van der Waals surface area (Å²) in [4.78, 5) is 25.0. The molecule has 4 aromatic rings. The van der Waals surface area contributed by atoms with Gasteiger partial charge in [0.05, 0.1) is 11.4 Å². The molecule has 0 radical (unpaired) electrons. The van der Waals surface area contributed by atoms with Gasteiger partial charge in [-0.1, -0.05) is 42.5 Å². The van der Waals surface area contributed by atoms with Crippen molar-refractivity contribution in [2.45, 2.75) is 33.1 Å². The Labute approximate surface area is 203 Å². The van der Waals surface area contributed by atoms with Crippen LogP contribution in [0.15, 0.2) is 78.9 Å². The zero-order chi connectivity index (χ0) is 24.8. The first kappa shape index (κ1) is 23.9. The SMILES string of the molecule is Cc1ccc(NC(=O)CCCC(=O)Nc2cc(-c3ccccc3)nn2-c2cccc(F)c2)cc1C. The van der Waals surface area contributed by atoms with E-state index < -0.39 is 5.82 Å². The molecule has 2 N–H and O–H groups in total. The van der Waals surface area contributed by atoms with Crippen LogP contribution in [0.5, 0.6) is 0 Å². The number of rotatable bonds is 8. The third-order valence-electron chi connectivity index (χ3n) is 5.70. The van der Waals surface area contributed by atoms with Crippen LogP contribution in [0.4, 0.5) is 15.9 Å². The van der Waals surface area contributed by atoms with E-state index in [-0.39, 0.29) is 24.7 Å². The van der Waals surface area contributed by atoms with Gasteiger partial charge in [0.2, 0.25) is 11.8 Å². The number of nitrogens with zero attached hydrogens (tertiary/aromatic N) is 2. The smallest absolute Gasteiger partial charge is 0.225 e. The summed E-state index contributed by atoms with van der Waals surface area (Å²) in [6.07, 6.45) is 0.774. The summed E-state index contributed by atoms with van der Waals surface area (Å²) in [6, 6.07) is 23.1. The van der Waals surface area contributed by atoms with Gasteiger partial charge in [0.25, 0.3) is 0 Å². The van der Waals surface area contributed by atoms with Gasteiger partial charge >= 0.3 is 0 Å². The summed E-state index contributed by atoms with van der Waals surface area (Å²) >= 11 is 0. The summed E-state index contributed by atoms with van der Waals surface area (Å²) < 4.78 is 15.4.